The molecule has 0 spiro atoms. The van der Waals surface area contributed by atoms with Crippen LogP contribution in [0.4, 0.5) is 5.82 Å². The predicted molar refractivity (Wildman–Crippen MR) is 73.5 cm³/mol. The minimum absolute atomic E-state index is 0.300. The second-order valence-electron chi connectivity index (χ2n) is 4.14. The highest BCUT2D eigenvalue weighted by Crippen LogP contribution is 2.28. The van der Waals surface area contributed by atoms with Crippen LogP contribution in [0, 0.1) is 5.92 Å². The van der Waals surface area contributed by atoms with E-state index in [1.54, 1.807) is 11.8 Å². The molecule has 0 aliphatic carbocycles. The molecule has 1 N–H and O–H groups in total. The van der Waals surface area contributed by atoms with Gasteiger partial charge in [0.1, 0.15) is 5.82 Å². The maximum Gasteiger partial charge on any atom is 0.189 e. The van der Waals surface area contributed by atoms with Gasteiger partial charge < -0.3 is 10.0 Å². The van der Waals surface area contributed by atoms with Gasteiger partial charge in [0.15, 0.2) is 5.16 Å². The van der Waals surface area contributed by atoms with Crippen molar-refractivity contribution in [3.8, 4) is 0 Å². The van der Waals surface area contributed by atoms with Crippen molar-refractivity contribution in [2.24, 2.45) is 5.92 Å². The van der Waals surface area contributed by atoms with E-state index in [-0.39, 0.29) is 0 Å². The highest BCUT2D eigenvalue weighted by atomic mass is 79.9. The first-order chi connectivity index (χ1) is 8.24. The highest BCUT2D eigenvalue weighted by Gasteiger charge is 2.21. The Morgan fingerprint density at radius 1 is 1.53 bits per heavy atom. The van der Waals surface area contributed by atoms with Crippen LogP contribution < -0.4 is 4.90 Å². The molecule has 1 aromatic heterocycles. The van der Waals surface area contributed by atoms with E-state index in [9.17, 15) is 0 Å². The zero-order valence-electron chi connectivity index (χ0n) is 9.77. The van der Waals surface area contributed by atoms with Gasteiger partial charge in [0.25, 0.3) is 0 Å². The Kier molecular flexibility index (Phi) is 4.64. The third kappa shape index (κ3) is 3.11. The molecule has 4 nitrogen and oxygen atoms in total. The fourth-order valence-corrected chi connectivity index (χ4v) is 2.77. The average molecular weight is 318 g/mol. The number of anilines is 1. The molecule has 0 bridgehead atoms. The molecule has 1 saturated heterocycles. The van der Waals surface area contributed by atoms with Crippen molar-refractivity contribution in [2.45, 2.75) is 18.0 Å². The normalized spacial score (nSPS) is 17.5. The largest absolute Gasteiger partial charge is 0.396 e. The summed E-state index contributed by atoms with van der Waals surface area (Å²) in [5.74, 6) is 1.42. The first-order valence-electron chi connectivity index (χ1n) is 5.67. The zero-order chi connectivity index (χ0) is 12.3. The van der Waals surface area contributed by atoms with Crippen LogP contribution in [0.2, 0.25) is 0 Å². The first-order valence-corrected chi connectivity index (χ1v) is 7.68. The summed E-state index contributed by atoms with van der Waals surface area (Å²) in [6, 6.07) is 0. The Bertz CT molecular complexity index is 383. The quantitative estimate of drug-likeness (QED) is 0.684. The summed E-state index contributed by atoms with van der Waals surface area (Å²) in [6.45, 7) is 2.21. The van der Waals surface area contributed by atoms with Crippen LogP contribution in [0.1, 0.15) is 12.8 Å². The van der Waals surface area contributed by atoms with Crippen LogP contribution >= 0.6 is 27.7 Å². The van der Waals surface area contributed by atoms with E-state index < -0.39 is 0 Å². The van der Waals surface area contributed by atoms with Crippen LogP contribution in [0.5, 0.6) is 0 Å². The Hall–Kier alpha value is -0.330. The molecule has 2 heterocycles. The molecule has 0 aromatic carbocycles. The molecule has 1 aliphatic rings. The molecule has 0 saturated carbocycles. The number of aromatic nitrogens is 2. The lowest BCUT2D eigenvalue weighted by Crippen LogP contribution is -2.35. The van der Waals surface area contributed by atoms with Crippen molar-refractivity contribution in [2.75, 3.05) is 30.9 Å². The van der Waals surface area contributed by atoms with Crippen molar-refractivity contribution in [1.29, 1.82) is 0 Å². The van der Waals surface area contributed by atoms with Gasteiger partial charge in [0.05, 0.1) is 4.47 Å². The van der Waals surface area contributed by atoms with Gasteiger partial charge >= 0.3 is 0 Å². The van der Waals surface area contributed by atoms with E-state index >= 15 is 0 Å². The number of hydrogen-bond donors (Lipinski definition) is 1. The maximum atomic E-state index is 9.13. The van der Waals surface area contributed by atoms with E-state index in [4.69, 9.17) is 5.11 Å². The van der Waals surface area contributed by atoms with Crippen molar-refractivity contribution >= 4 is 33.5 Å². The van der Waals surface area contributed by atoms with E-state index in [1.165, 1.54) is 0 Å². The van der Waals surface area contributed by atoms with Crippen LogP contribution in [-0.2, 0) is 0 Å². The van der Waals surface area contributed by atoms with Crippen molar-refractivity contribution in [3.63, 3.8) is 0 Å². The van der Waals surface area contributed by atoms with Gasteiger partial charge in [-0.2, -0.15) is 0 Å². The number of thioether (sulfide) groups is 1. The minimum atomic E-state index is 0.300. The van der Waals surface area contributed by atoms with Gasteiger partial charge in [-0.15, -0.1) is 0 Å². The van der Waals surface area contributed by atoms with Gasteiger partial charge in [-0.3, -0.25) is 0 Å². The summed E-state index contributed by atoms with van der Waals surface area (Å²) < 4.78 is 0.942. The smallest absolute Gasteiger partial charge is 0.189 e. The SMILES string of the molecule is CSc1ncc(Br)c(N2CCC(CO)CC2)n1. The summed E-state index contributed by atoms with van der Waals surface area (Å²) in [6.07, 6.45) is 5.85. The number of aliphatic hydroxyl groups excluding tert-OH is 1. The van der Waals surface area contributed by atoms with Gasteiger partial charge in [-0.1, -0.05) is 11.8 Å². The lowest BCUT2D eigenvalue weighted by molar-refractivity contribution is 0.202. The fraction of sp³-hybridized carbons (Fsp3) is 0.636. The second kappa shape index (κ2) is 6.02. The van der Waals surface area contributed by atoms with Crippen molar-refractivity contribution in [1.82, 2.24) is 9.97 Å². The maximum absolute atomic E-state index is 9.13. The molecule has 0 unspecified atom stereocenters. The number of halogens is 1. The van der Waals surface area contributed by atoms with Gasteiger partial charge in [0.2, 0.25) is 0 Å². The molecule has 94 valence electrons. The molecule has 1 aliphatic heterocycles. The van der Waals surface area contributed by atoms with E-state index in [2.05, 4.69) is 30.8 Å². The molecular formula is C11H16BrN3OS. The van der Waals surface area contributed by atoms with Crippen LogP contribution in [0.15, 0.2) is 15.8 Å². The van der Waals surface area contributed by atoms with Crippen LogP contribution in [0.25, 0.3) is 0 Å². The summed E-state index contributed by atoms with van der Waals surface area (Å²) in [5.41, 5.74) is 0. The third-order valence-corrected chi connectivity index (χ3v) is 4.18. The molecule has 17 heavy (non-hydrogen) atoms. The number of hydrogen-bond acceptors (Lipinski definition) is 5. The lowest BCUT2D eigenvalue weighted by Gasteiger charge is -2.32. The van der Waals surface area contributed by atoms with E-state index in [0.717, 1.165) is 41.4 Å². The number of rotatable bonds is 3. The number of nitrogens with zero attached hydrogens (tertiary/aromatic N) is 3. The van der Waals surface area contributed by atoms with E-state index in [1.807, 2.05) is 12.5 Å². The number of piperidine rings is 1. The monoisotopic (exact) mass is 317 g/mol. The van der Waals surface area contributed by atoms with Gasteiger partial charge in [-0.25, -0.2) is 9.97 Å². The molecule has 1 aromatic rings. The Morgan fingerprint density at radius 2 is 2.24 bits per heavy atom. The van der Waals surface area contributed by atoms with Crippen molar-refractivity contribution < 1.29 is 5.11 Å². The molecular weight excluding hydrogens is 302 g/mol. The van der Waals surface area contributed by atoms with Gasteiger partial charge in [-0.05, 0) is 40.9 Å². The first kappa shape index (κ1) is 13.1. The molecule has 0 atom stereocenters. The standard InChI is InChI=1S/C11H16BrN3OS/c1-17-11-13-6-9(12)10(14-11)15-4-2-8(7-16)3-5-15/h6,8,16H,2-5,7H2,1H3. The van der Waals surface area contributed by atoms with Crippen LogP contribution in [-0.4, -0.2) is 41.0 Å². The molecule has 0 radical (unpaired) electrons. The Morgan fingerprint density at radius 3 is 2.82 bits per heavy atom. The fourth-order valence-electron chi connectivity index (χ4n) is 1.99. The van der Waals surface area contributed by atoms with Crippen LogP contribution in [0.3, 0.4) is 0 Å². The molecule has 1 fully saturated rings. The molecule has 2 rings (SSSR count). The Labute approximate surface area is 114 Å². The van der Waals surface area contributed by atoms with E-state index in [0.29, 0.717) is 12.5 Å². The lowest BCUT2D eigenvalue weighted by atomic mass is 9.98. The average Bonchev–Trinajstić information content (AvgIpc) is 2.39. The van der Waals surface area contributed by atoms with Gasteiger partial charge in [0, 0.05) is 25.9 Å². The minimum Gasteiger partial charge on any atom is -0.396 e. The topological polar surface area (TPSA) is 49.2 Å². The Balaban J connectivity index is 2.12. The summed E-state index contributed by atoms with van der Waals surface area (Å²) in [5, 5.41) is 9.93. The summed E-state index contributed by atoms with van der Waals surface area (Å²) in [7, 11) is 0. The second-order valence-corrected chi connectivity index (χ2v) is 5.77. The third-order valence-electron chi connectivity index (χ3n) is 3.06. The van der Waals surface area contributed by atoms with Crippen molar-refractivity contribution in [3.05, 3.63) is 10.7 Å². The predicted octanol–water partition coefficient (Wildman–Crippen LogP) is 2.17. The highest BCUT2D eigenvalue weighted by molar-refractivity contribution is 9.10. The molecule has 0 amide bonds. The summed E-state index contributed by atoms with van der Waals surface area (Å²) >= 11 is 5.05. The number of aliphatic hydroxyl groups is 1. The molecule has 6 heteroatoms. The zero-order valence-corrected chi connectivity index (χ0v) is 12.2. The summed E-state index contributed by atoms with van der Waals surface area (Å²) in [4.78, 5) is 11.0.